The molecule has 1 aliphatic carbocycles. The second-order valence-corrected chi connectivity index (χ2v) is 4.90. The normalized spacial score (nSPS) is 14.6. The van der Waals surface area contributed by atoms with Gasteiger partial charge in [0.25, 0.3) is 0 Å². The molecule has 0 saturated heterocycles. The van der Waals surface area contributed by atoms with E-state index in [-0.39, 0.29) is 5.91 Å². The van der Waals surface area contributed by atoms with Crippen molar-refractivity contribution in [2.24, 2.45) is 0 Å². The zero-order valence-electron chi connectivity index (χ0n) is 11.1. The van der Waals surface area contributed by atoms with Crippen LogP contribution in [0.15, 0.2) is 53.4 Å². The maximum absolute atomic E-state index is 12.3. The standard InChI is InChI=1S/C16H16N2O2/c19-16(8-5-13-3-1-9-17-11-13)18(14-6-7-14)12-15-4-2-10-20-15/h1-5,8-11,14H,6-7,12H2. The monoisotopic (exact) mass is 268 g/mol. The Balaban J connectivity index is 1.68. The molecule has 0 bridgehead atoms. The molecule has 0 N–H and O–H groups in total. The van der Waals surface area contributed by atoms with Crippen molar-refractivity contribution in [1.29, 1.82) is 0 Å². The van der Waals surface area contributed by atoms with Crippen LogP contribution in [0.1, 0.15) is 24.2 Å². The number of carbonyl (C=O) groups excluding carboxylic acids is 1. The second kappa shape index (κ2) is 5.74. The van der Waals surface area contributed by atoms with Crippen LogP contribution in [0.5, 0.6) is 0 Å². The fourth-order valence-electron chi connectivity index (χ4n) is 2.08. The van der Waals surface area contributed by atoms with Crippen molar-refractivity contribution in [3.63, 3.8) is 0 Å². The van der Waals surface area contributed by atoms with E-state index in [2.05, 4.69) is 4.98 Å². The van der Waals surface area contributed by atoms with Crippen molar-refractivity contribution in [3.8, 4) is 0 Å². The van der Waals surface area contributed by atoms with Crippen molar-refractivity contribution < 1.29 is 9.21 Å². The summed E-state index contributed by atoms with van der Waals surface area (Å²) < 4.78 is 5.33. The largest absolute Gasteiger partial charge is 0.467 e. The summed E-state index contributed by atoms with van der Waals surface area (Å²) in [6.45, 7) is 0.536. The van der Waals surface area contributed by atoms with Crippen LogP contribution in [0.4, 0.5) is 0 Å². The average molecular weight is 268 g/mol. The van der Waals surface area contributed by atoms with Gasteiger partial charge in [0.1, 0.15) is 5.76 Å². The fourth-order valence-corrected chi connectivity index (χ4v) is 2.08. The third-order valence-electron chi connectivity index (χ3n) is 3.28. The molecule has 0 aromatic carbocycles. The first kappa shape index (κ1) is 12.7. The topological polar surface area (TPSA) is 46.3 Å². The molecule has 0 spiro atoms. The van der Waals surface area contributed by atoms with E-state index in [0.717, 1.165) is 24.2 Å². The van der Waals surface area contributed by atoms with E-state index < -0.39 is 0 Å². The summed E-state index contributed by atoms with van der Waals surface area (Å²) in [5.74, 6) is 0.841. The van der Waals surface area contributed by atoms with E-state index in [1.807, 2.05) is 29.2 Å². The van der Waals surface area contributed by atoms with Gasteiger partial charge in [-0.2, -0.15) is 0 Å². The van der Waals surface area contributed by atoms with Gasteiger partial charge in [0.2, 0.25) is 5.91 Å². The number of hydrogen-bond acceptors (Lipinski definition) is 3. The summed E-state index contributed by atoms with van der Waals surface area (Å²) in [6.07, 6.45) is 10.6. The van der Waals surface area contributed by atoms with Crippen LogP contribution in [-0.4, -0.2) is 21.8 Å². The van der Waals surface area contributed by atoms with Gasteiger partial charge in [-0.15, -0.1) is 0 Å². The Hall–Kier alpha value is -2.36. The maximum atomic E-state index is 12.3. The Morgan fingerprint density at radius 1 is 1.40 bits per heavy atom. The predicted octanol–water partition coefficient (Wildman–Crippen LogP) is 2.88. The summed E-state index contributed by atoms with van der Waals surface area (Å²) in [7, 11) is 0. The van der Waals surface area contributed by atoms with Gasteiger partial charge in [-0.05, 0) is 42.7 Å². The number of carbonyl (C=O) groups is 1. The van der Waals surface area contributed by atoms with Crippen LogP contribution in [-0.2, 0) is 11.3 Å². The Kier molecular flexibility index (Phi) is 3.63. The van der Waals surface area contributed by atoms with Crippen LogP contribution in [0, 0.1) is 0 Å². The molecular formula is C16H16N2O2. The SMILES string of the molecule is O=C(C=Cc1cccnc1)N(Cc1ccco1)C1CC1. The van der Waals surface area contributed by atoms with Crippen molar-refractivity contribution in [1.82, 2.24) is 9.88 Å². The van der Waals surface area contributed by atoms with E-state index >= 15 is 0 Å². The third-order valence-corrected chi connectivity index (χ3v) is 3.28. The minimum Gasteiger partial charge on any atom is -0.467 e. The average Bonchev–Trinajstić information content (AvgIpc) is 3.20. The molecule has 0 aliphatic heterocycles. The van der Waals surface area contributed by atoms with Gasteiger partial charge in [-0.25, -0.2) is 0 Å². The maximum Gasteiger partial charge on any atom is 0.247 e. The Morgan fingerprint density at radius 3 is 2.95 bits per heavy atom. The van der Waals surface area contributed by atoms with E-state index in [9.17, 15) is 4.79 Å². The Bertz CT molecular complexity index is 586. The quantitative estimate of drug-likeness (QED) is 0.783. The molecule has 3 rings (SSSR count). The van der Waals surface area contributed by atoms with Crippen LogP contribution in [0.2, 0.25) is 0 Å². The van der Waals surface area contributed by atoms with Crippen molar-refractivity contribution in [2.45, 2.75) is 25.4 Å². The van der Waals surface area contributed by atoms with Gasteiger partial charge in [0.05, 0.1) is 12.8 Å². The highest BCUT2D eigenvalue weighted by atomic mass is 16.3. The van der Waals surface area contributed by atoms with Crippen LogP contribution in [0.25, 0.3) is 6.08 Å². The van der Waals surface area contributed by atoms with E-state index in [1.54, 1.807) is 30.8 Å². The molecule has 20 heavy (non-hydrogen) atoms. The lowest BCUT2D eigenvalue weighted by molar-refractivity contribution is -0.127. The summed E-state index contributed by atoms with van der Waals surface area (Å²) in [4.78, 5) is 18.2. The highest BCUT2D eigenvalue weighted by molar-refractivity contribution is 5.92. The number of aromatic nitrogens is 1. The Morgan fingerprint density at radius 2 is 2.30 bits per heavy atom. The minimum absolute atomic E-state index is 0.0211. The van der Waals surface area contributed by atoms with E-state index in [4.69, 9.17) is 4.42 Å². The van der Waals surface area contributed by atoms with Crippen molar-refractivity contribution >= 4 is 12.0 Å². The molecule has 4 nitrogen and oxygen atoms in total. The third kappa shape index (κ3) is 3.15. The molecule has 1 aliphatic rings. The molecule has 0 radical (unpaired) electrons. The lowest BCUT2D eigenvalue weighted by Crippen LogP contribution is -2.30. The first-order valence-corrected chi connectivity index (χ1v) is 6.74. The lowest BCUT2D eigenvalue weighted by Gasteiger charge is -2.19. The minimum atomic E-state index is 0.0211. The highest BCUT2D eigenvalue weighted by Crippen LogP contribution is 2.28. The molecule has 1 amide bonds. The molecule has 2 heterocycles. The zero-order valence-corrected chi connectivity index (χ0v) is 11.1. The molecule has 2 aromatic heterocycles. The van der Waals surface area contributed by atoms with Crippen LogP contribution >= 0.6 is 0 Å². The molecule has 4 heteroatoms. The number of hydrogen-bond donors (Lipinski definition) is 0. The van der Waals surface area contributed by atoms with Gasteiger partial charge in [0, 0.05) is 24.5 Å². The van der Waals surface area contributed by atoms with Gasteiger partial charge < -0.3 is 9.32 Å². The molecular weight excluding hydrogens is 252 g/mol. The smallest absolute Gasteiger partial charge is 0.247 e. The number of amides is 1. The van der Waals surface area contributed by atoms with Gasteiger partial charge in [-0.3, -0.25) is 9.78 Å². The molecule has 1 saturated carbocycles. The van der Waals surface area contributed by atoms with Gasteiger partial charge >= 0.3 is 0 Å². The van der Waals surface area contributed by atoms with Gasteiger partial charge in [0.15, 0.2) is 0 Å². The summed E-state index contributed by atoms with van der Waals surface area (Å²) in [6, 6.07) is 7.87. The molecule has 0 atom stereocenters. The molecule has 1 fully saturated rings. The zero-order chi connectivity index (χ0) is 13.8. The highest BCUT2D eigenvalue weighted by Gasteiger charge is 2.32. The van der Waals surface area contributed by atoms with Crippen LogP contribution < -0.4 is 0 Å². The van der Waals surface area contributed by atoms with Gasteiger partial charge in [-0.1, -0.05) is 6.07 Å². The number of furan rings is 1. The second-order valence-electron chi connectivity index (χ2n) is 4.90. The fraction of sp³-hybridized carbons (Fsp3) is 0.250. The van der Waals surface area contributed by atoms with Crippen molar-refractivity contribution in [3.05, 3.63) is 60.3 Å². The lowest BCUT2D eigenvalue weighted by atomic mass is 10.2. The van der Waals surface area contributed by atoms with Crippen molar-refractivity contribution in [2.75, 3.05) is 0 Å². The number of pyridine rings is 1. The predicted molar refractivity (Wildman–Crippen MR) is 75.6 cm³/mol. The first-order valence-electron chi connectivity index (χ1n) is 6.74. The number of rotatable bonds is 5. The number of nitrogens with zero attached hydrogens (tertiary/aromatic N) is 2. The van der Waals surface area contributed by atoms with Crippen LogP contribution in [0.3, 0.4) is 0 Å². The molecule has 102 valence electrons. The summed E-state index contributed by atoms with van der Waals surface area (Å²) >= 11 is 0. The molecule has 0 unspecified atom stereocenters. The molecule has 2 aromatic rings. The van der Waals surface area contributed by atoms with E-state index in [1.165, 1.54) is 0 Å². The Labute approximate surface area is 117 Å². The van der Waals surface area contributed by atoms with E-state index in [0.29, 0.717) is 12.6 Å². The summed E-state index contributed by atoms with van der Waals surface area (Å²) in [5.41, 5.74) is 0.926. The first-order chi connectivity index (χ1) is 9.83. The summed E-state index contributed by atoms with van der Waals surface area (Å²) in [5, 5.41) is 0.